The van der Waals surface area contributed by atoms with Gasteiger partial charge in [0.2, 0.25) is 0 Å². The van der Waals surface area contributed by atoms with Crippen LogP contribution in [0, 0.1) is 0 Å². The summed E-state index contributed by atoms with van der Waals surface area (Å²) in [5, 5.41) is 24.3. The number of fused-ring (bicyclic) bond motifs is 1. The summed E-state index contributed by atoms with van der Waals surface area (Å²) in [6, 6.07) is 14.0. The Morgan fingerprint density at radius 1 is 1.00 bits per heavy atom. The lowest BCUT2D eigenvalue weighted by Crippen LogP contribution is -2.19. The number of nitrogens with zero attached hydrogens (tertiary/aromatic N) is 3. The monoisotopic (exact) mass is 439 g/mol. The van der Waals surface area contributed by atoms with E-state index >= 15 is 0 Å². The normalized spacial score (nSPS) is 11.5. The van der Waals surface area contributed by atoms with Crippen molar-refractivity contribution in [2.75, 3.05) is 0 Å². The van der Waals surface area contributed by atoms with Crippen LogP contribution in [0.15, 0.2) is 72.8 Å². The summed E-state index contributed by atoms with van der Waals surface area (Å²) in [6.45, 7) is 0. The molecular formula is C19H14BrN5O3. The van der Waals surface area contributed by atoms with E-state index in [2.05, 4.69) is 36.4 Å². The zero-order valence-electron chi connectivity index (χ0n) is 14.6. The van der Waals surface area contributed by atoms with Crippen LogP contribution in [0.5, 0.6) is 5.75 Å². The second-order valence-corrected chi connectivity index (χ2v) is 7.00. The molecule has 2 aromatic heterocycles. The molecule has 0 bridgehead atoms. The number of rotatable bonds is 3. The molecule has 0 aliphatic rings. The molecule has 0 aliphatic carbocycles. The first-order chi connectivity index (χ1) is 13.5. The van der Waals surface area contributed by atoms with Crippen LogP contribution in [0.3, 0.4) is 0 Å². The number of nitrogens with one attached hydrogen (secondary N) is 2. The number of hydrogen-bond acceptors (Lipinski definition) is 5. The summed E-state index contributed by atoms with van der Waals surface area (Å²) >= 11 is 3.33. The van der Waals surface area contributed by atoms with E-state index in [1.54, 1.807) is 55.6 Å². The van der Waals surface area contributed by atoms with Crippen molar-refractivity contribution >= 4 is 38.2 Å². The minimum Gasteiger partial charge on any atom is -0.506 e. The highest BCUT2D eigenvalue weighted by molar-refractivity contribution is 9.10. The number of aromatic nitrogens is 3. The summed E-state index contributed by atoms with van der Waals surface area (Å²) < 4.78 is 2.29. The van der Waals surface area contributed by atoms with Gasteiger partial charge in [-0.25, -0.2) is 0 Å². The molecule has 9 heteroatoms. The first-order valence-corrected chi connectivity index (χ1v) is 9.05. The third-order valence-corrected chi connectivity index (χ3v) is 4.90. The van der Waals surface area contributed by atoms with Crippen molar-refractivity contribution < 1.29 is 5.11 Å². The van der Waals surface area contributed by atoms with Gasteiger partial charge in [0.25, 0.3) is 11.1 Å². The van der Waals surface area contributed by atoms with Crippen molar-refractivity contribution in [3.05, 3.63) is 73.7 Å². The predicted molar refractivity (Wildman–Crippen MR) is 110 cm³/mol. The van der Waals surface area contributed by atoms with Gasteiger partial charge in [0.1, 0.15) is 17.0 Å². The minimum absolute atomic E-state index is 0.0516. The molecule has 8 nitrogen and oxygen atoms in total. The summed E-state index contributed by atoms with van der Waals surface area (Å²) in [7, 11) is 1.60. The van der Waals surface area contributed by atoms with Gasteiger partial charge in [0, 0.05) is 16.9 Å². The van der Waals surface area contributed by atoms with Gasteiger partial charge in [-0.15, -0.1) is 5.11 Å². The average Bonchev–Trinajstić information content (AvgIpc) is 3.06. The lowest BCUT2D eigenvalue weighted by Gasteiger charge is -2.10. The summed E-state index contributed by atoms with van der Waals surface area (Å²) in [6.07, 6.45) is 0. The lowest BCUT2D eigenvalue weighted by atomic mass is 10.1. The third-order valence-electron chi connectivity index (χ3n) is 4.37. The zero-order chi connectivity index (χ0) is 19.8. The highest BCUT2D eigenvalue weighted by Gasteiger charge is 2.22. The molecule has 4 rings (SSSR count). The maximum atomic E-state index is 12.9. The number of aryl methyl sites for hydroxylation is 1. The molecule has 140 valence electrons. The number of H-pyrrole nitrogens is 2. The average molecular weight is 440 g/mol. The quantitative estimate of drug-likeness (QED) is 0.417. The van der Waals surface area contributed by atoms with Crippen molar-refractivity contribution in [3.8, 4) is 17.0 Å². The van der Waals surface area contributed by atoms with Crippen molar-refractivity contribution in [2.45, 2.75) is 0 Å². The van der Waals surface area contributed by atoms with Crippen molar-refractivity contribution in [3.63, 3.8) is 0 Å². The number of azo groups is 1. The Morgan fingerprint density at radius 3 is 2.46 bits per heavy atom. The maximum absolute atomic E-state index is 12.9. The zero-order valence-corrected chi connectivity index (χ0v) is 16.2. The first kappa shape index (κ1) is 17.9. The topological polar surface area (TPSA) is 116 Å². The van der Waals surface area contributed by atoms with Crippen LogP contribution < -0.4 is 11.1 Å². The molecular weight excluding hydrogens is 426 g/mol. The summed E-state index contributed by atoms with van der Waals surface area (Å²) in [5.41, 5.74) is 0.0247. The van der Waals surface area contributed by atoms with Crippen LogP contribution in [0.25, 0.3) is 22.2 Å². The molecule has 28 heavy (non-hydrogen) atoms. The largest absolute Gasteiger partial charge is 0.506 e. The predicted octanol–water partition coefficient (Wildman–Crippen LogP) is 4.11. The molecule has 4 aromatic rings. The van der Waals surface area contributed by atoms with Crippen LogP contribution in [0.1, 0.15) is 0 Å². The molecule has 2 heterocycles. The van der Waals surface area contributed by atoms with Gasteiger partial charge in [-0.3, -0.25) is 19.8 Å². The van der Waals surface area contributed by atoms with E-state index in [4.69, 9.17) is 0 Å². The molecule has 0 unspecified atom stereocenters. The van der Waals surface area contributed by atoms with E-state index in [-0.39, 0.29) is 22.7 Å². The fourth-order valence-corrected chi connectivity index (χ4v) is 3.21. The Bertz CT molecular complexity index is 1330. The number of hydrogen-bond donors (Lipinski definition) is 3. The fraction of sp³-hybridized carbons (Fsp3) is 0.0526. The van der Waals surface area contributed by atoms with E-state index < -0.39 is 11.1 Å². The number of benzene rings is 2. The molecule has 0 amide bonds. The number of para-hydroxylation sites is 1. The molecule has 0 saturated heterocycles. The summed E-state index contributed by atoms with van der Waals surface area (Å²) in [5.74, 6) is -0.228. The standard InChI is InChI=1S/C19H14BrN5O3/c1-25-13-5-3-2-4-12(13)17(26)14(19(25)28)15-16(18(27)24-22-15)23-21-11-8-6-10(20)7-9-11/h2-9,26H,1H3,(H2,22,24,27). The highest BCUT2D eigenvalue weighted by Crippen LogP contribution is 2.35. The number of pyridine rings is 1. The van der Waals surface area contributed by atoms with Crippen molar-refractivity contribution in [1.29, 1.82) is 0 Å². The van der Waals surface area contributed by atoms with Crippen LogP contribution in [-0.4, -0.2) is 19.9 Å². The molecule has 2 aromatic carbocycles. The van der Waals surface area contributed by atoms with Gasteiger partial charge in [0.15, 0.2) is 5.69 Å². The van der Waals surface area contributed by atoms with Gasteiger partial charge in [-0.2, -0.15) is 5.11 Å². The highest BCUT2D eigenvalue weighted by atomic mass is 79.9. The molecule has 0 fully saturated rings. The van der Waals surface area contributed by atoms with E-state index in [0.717, 1.165) is 4.47 Å². The van der Waals surface area contributed by atoms with E-state index in [0.29, 0.717) is 16.6 Å². The van der Waals surface area contributed by atoms with Gasteiger partial charge in [-0.05, 0) is 36.4 Å². The summed E-state index contributed by atoms with van der Waals surface area (Å²) in [4.78, 5) is 25.1. The number of aromatic hydroxyl groups is 1. The molecule has 0 spiro atoms. The second kappa shape index (κ2) is 6.93. The fourth-order valence-electron chi connectivity index (χ4n) is 2.95. The Balaban J connectivity index is 1.91. The van der Waals surface area contributed by atoms with Crippen LogP contribution >= 0.6 is 15.9 Å². The number of halogens is 1. The first-order valence-electron chi connectivity index (χ1n) is 8.26. The minimum atomic E-state index is -0.550. The molecule has 0 saturated carbocycles. The Labute approximate surface area is 166 Å². The van der Waals surface area contributed by atoms with Gasteiger partial charge in [-0.1, -0.05) is 28.1 Å². The molecule has 0 aliphatic heterocycles. The van der Waals surface area contributed by atoms with E-state index in [1.165, 1.54) is 4.57 Å². The maximum Gasteiger partial charge on any atom is 0.292 e. The van der Waals surface area contributed by atoms with E-state index in [9.17, 15) is 14.7 Å². The molecule has 0 radical (unpaired) electrons. The van der Waals surface area contributed by atoms with Crippen molar-refractivity contribution in [2.24, 2.45) is 17.3 Å². The second-order valence-electron chi connectivity index (χ2n) is 6.08. The molecule has 0 atom stereocenters. The SMILES string of the molecule is Cn1c(=O)c(-c2[nH][nH]c(=O)c2N=Nc2ccc(Br)cc2)c(O)c2ccccc21. The van der Waals surface area contributed by atoms with Crippen LogP contribution in [0.4, 0.5) is 11.4 Å². The van der Waals surface area contributed by atoms with Crippen LogP contribution in [-0.2, 0) is 7.05 Å². The van der Waals surface area contributed by atoms with Crippen LogP contribution in [0.2, 0.25) is 0 Å². The molecule has 3 N–H and O–H groups in total. The Hall–Kier alpha value is -3.46. The third kappa shape index (κ3) is 2.95. The van der Waals surface area contributed by atoms with Gasteiger partial charge < -0.3 is 9.67 Å². The van der Waals surface area contributed by atoms with Crippen molar-refractivity contribution in [1.82, 2.24) is 14.8 Å². The lowest BCUT2D eigenvalue weighted by molar-refractivity contribution is 0.481. The number of aromatic amines is 2. The van der Waals surface area contributed by atoms with Gasteiger partial charge in [0.05, 0.1) is 11.2 Å². The van der Waals surface area contributed by atoms with E-state index in [1.807, 2.05) is 0 Å². The Morgan fingerprint density at radius 2 is 1.71 bits per heavy atom. The van der Waals surface area contributed by atoms with Gasteiger partial charge >= 0.3 is 0 Å². The Kier molecular flexibility index (Phi) is 4.44. The smallest absolute Gasteiger partial charge is 0.292 e.